The molecule has 104 valence electrons. The molecule has 0 radical (unpaired) electrons. The Morgan fingerprint density at radius 2 is 1.76 bits per heavy atom. The Bertz CT molecular complexity index is 755. The molecule has 1 heterocycles. The maximum Gasteiger partial charge on any atom is 0.343 e. The topological polar surface area (TPSA) is 26.3 Å². The highest BCUT2D eigenvalue weighted by Gasteiger charge is 2.22. The van der Waals surface area contributed by atoms with Crippen LogP contribution in [0.1, 0.15) is 16.7 Å². The summed E-state index contributed by atoms with van der Waals surface area (Å²) in [6, 6.07) is 15.2. The molecule has 0 unspecified atom stereocenters. The molecule has 0 N–H and O–H groups in total. The van der Waals surface area contributed by atoms with Crippen molar-refractivity contribution in [3.05, 3.63) is 81.9 Å². The van der Waals surface area contributed by atoms with Gasteiger partial charge in [-0.05, 0) is 30.7 Å². The largest absolute Gasteiger partial charge is 0.422 e. The molecule has 0 saturated heterocycles. The standard InChI is InChI=1S/C18H13ClO2/c1-12-6-8-13(9-7-12)17-11-15(18(20)21-17)10-14-4-2-3-5-16(14)19/h2-11H,1H3. The van der Waals surface area contributed by atoms with Crippen LogP contribution < -0.4 is 0 Å². The minimum Gasteiger partial charge on any atom is -0.422 e. The van der Waals surface area contributed by atoms with Crippen molar-refractivity contribution >= 4 is 29.4 Å². The van der Waals surface area contributed by atoms with E-state index < -0.39 is 0 Å². The molecule has 0 fully saturated rings. The van der Waals surface area contributed by atoms with Crippen molar-refractivity contribution < 1.29 is 9.53 Å². The fourth-order valence-electron chi connectivity index (χ4n) is 2.11. The van der Waals surface area contributed by atoms with Gasteiger partial charge < -0.3 is 4.74 Å². The molecular formula is C18H13ClO2. The number of hydrogen-bond acceptors (Lipinski definition) is 2. The molecule has 0 spiro atoms. The minimum atomic E-state index is -0.356. The molecule has 3 rings (SSSR count). The van der Waals surface area contributed by atoms with Gasteiger partial charge in [-0.25, -0.2) is 4.79 Å². The first-order chi connectivity index (χ1) is 10.1. The molecule has 1 aliphatic rings. The summed E-state index contributed by atoms with van der Waals surface area (Å²) in [5, 5.41) is 0.606. The van der Waals surface area contributed by atoms with Gasteiger partial charge in [0.15, 0.2) is 0 Å². The highest BCUT2D eigenvalue weighted by atomic mass is 35.5. The summed E-state index contributed by atoms with van der Waals surface area (Å²) in [5.74, 6) is 0.212. The normalized spacial score (nSPS) is 16.0. The lowest BCUT2D eigenvalue weighted by atomic mass is 10.1. The number of benzene rings is 2. The molecule has 0 bridgehead atoms. The van der Waals surface area contributed by atoms with Gasteiger partial charge in [0.1, 0.15) is 5.76 Å². The van der Waals surface area contributed by atoms with Gasteiger partial charge in [0.05, 0.1) is 5.57 Å². The van der Waals surface area contributed by atoms with Crippen LogP contribution >= 0.6 is 11.6 Å². The second-order valence-electron chi connectivity index (χ2n) is 4.89. The molecule has 0 aromatic heterocycles. The highest BCUT2D eigenvalue weighted by molar-refractivity contribution is 6.32. The van der Waals surface area contributed by atoms with E-state index in [0.717, 1.165) is 16.7 Å². The van der Waals surface area contributed by atoms with Gasteiger partial charge in [0, 0.05) is 10.6 Å². The van der Waals surface area contributed by atoms with Gasteiger partial charge in [-0.1, -0.05) is 59.6 Å². The number of carbonyl (C=O) groups excluding carboxylic acids is 1. The number of carbonyl (C=O) groups is 1. The fourth-order valence-corrected chi connectivity index (χ4v) is 2.30. The average molecular weight is 297 g/mol. The average Bonchev–Trinajstić information content (AvgIpc) is 2.83. The maximum atomic E-state index is 12.0. The van der Waals surface area contributed by atoms with Crippen molar-refractivity contribution in [1.82, 2.24) is 0 Å². The van der Waals surface area contributed by atoms with Crippen LogP contribution in [0.4, 0.5) is 0 Å². The lowest BCUT2D eigenvalue weighted by Crippen LogP contribution is -1.97. The second kappa shape index (κ2) is 5.58. The van der Waals surface area contributed by atoms with E-state index in [1.54, 1.807) is 18.2 Å². The van der Waals surface area contributed by atoms with Gasteiger partial charge in [0.2, 0.25) is 0 Å². The Kier molecular flexibility index (Phi) is 3.63. The van der Waals surface area contributed by atoms with E-state index in [4.69, 9.17) is 16.3 Å². The van der Waals surface area contributed by atoms with E-state index in [9.17, 15) is 4.79 Å². The third-order valence-corrected chi connectivity index (χ3v) is 3.62. The first-order valence-electron chi connectivity index (χ1n) is 6.60. The molecule has 0 atom stereocenters. The zero-order valence-corrected chi connectivity index (χ0v) is 12.2. The number of aryl methyl sites for hydroxylation is 1. The molecule has 21 heavy (non-hydrogen) atoms. The maximum absolute atomic E-state index is 12.0. The first kappa shape index (κ1) is 13.7. The summed E-state index contributed by atoms with van der Waals surface area (Å²) in [6.07, 6.45) is 3.49. The van der Waals surface area contributed by atoms with Crippen LogP contribution in [0.5, 0.6) is 0 Å². The van der Waals surface area contributed by atoms with Crippen LogP contribution in [0.3, 0.4) is 0 Å². The zero-order valence-electron chi connectivity index (χ0n) is 11.5. The number of halogens is 1. The van der Waals surface area contributed by atoms with E-state index in [0.29, 0.717) is 16.4 Å². The van der Waals surface area contributed by atoms with E-state index in [1.165, 1.54) is 0 Å². The predicted octanol–water partition coefficient (Wildman–Crippen LogP) is 4.63. The summed E-state index contributed by atoms with van der Waals surface area (Å²) in [7, 11) is 0. The zero-order chi connectivity index (χ0) is 14.8. The SMILES string of the molecule is Cc1ccc(C2=CC(=Cc3ccccc3Cl)C(=O)O2)cc1. The predicted molar refractivity (Wildman–Crippen MR) is 84.7 cm³/mol. The number of hydrogen-bond donors (Lipinski definition) is 0. The van der Waals surface area contributed by atoms with Gasteiger partial charge in [-0.15, -0.1) is 0 Å². The Labute approximate surface area is 128 Å². The molecule has 0 amide bonds. The third-order valence-electron chi connectivity index (χ3n) is 3.28. The lowest BCUT2D eigenvalue weighted by molar-refractivity contribution is -0.130. The summed E-state index contributed by atoms with van der Waals surface area (Å²) < 4.78 is 5.32. The van der Waals surface area contributed by atoms with Crippen LogP contribution in [0.15, 0.2) is 60.2 Å². The molecule has 1 aliphatic heterocycles. The Morgan fingerprint density at radius 3 is 2.48 bits per heavy atom. The summed E-state index contributed by atoms with van der Waals surface area (Å²) in [4.78, 5) is 12.0. The molecule has 2 aromatic rings. The van der Waals surface area contributed by atoms with Gasteiger partial charge in [0.25, 0.3) is 0 Å². The van der Waals surface area contributed by atoms with E-state index >= 15 is 0 Å². The Balaban J connectivity index is 1.96. The second-order valence-corrected chi connectivity index (χ2v) is 5.29. The van der Waals surface area contributed by atoms with Crippen molar-refractivity contribution in [3.63, 3.8) is 0 Å². The van der Waals surface area contributed by atoms with E-state index in [2.05, 4.69) is 0 Å². The first-order valence-corrected chi connectivity index (χ1v) is 6.98. The number of esters is 1. The molecule has 0 aliphatic carbocycles. The Morgan fingerprint density at radius 1 is 1.05 bits per heavy atom. The summed E-state index contributed by atoms with van der Waals surface area (Å²) in [6.45, 7) is 2.02. The van der Waals surface area contributed by atoms with Crippen molar-refractivity contribution in [3.8, 4) is 0 Å². The Hall–Kier alpha value is -2.32. The number of rotatable bonds is 2. The molecule has 0 saturated carbocycles. The van der Waals surface area contributed by atoms with Crippen molar-refractivity contribution in [2.45, 2.75) is 6.92 Å². The van der Waals surface area contributed by atoms with Crippen LogP contribution in [0, 0.1) is 6.92 Å². The van der Waals surface area contributed by atoms with Crippen LogP contribution in [-0.4, -0.2) is 5.97 Å². The number of ether oxygens (including phenoxy) is 1. The van der Waals surface area contributed by atoms with E-state index in [-0.39, 0.29) is 5.97 Å². The quantitative estimate of drug-likeness (QED) is 0.596. The van der Waals surface area contributed by atoms with Gasteiger partial charge in [-0.2, -0.15) is 0 Å². The summed E-state index contributed by atoms with van der Waals surface area (Å²) >= 11 is 6.10. The number of cyclic esters (lactones) is 1. The molecule has 3 heteroatoms. The van der Waals surface area contributed by atoms with Crippen LogP contribution in [-0.2, 0) is 9.53 Å². The van der Waals surface area contributed by atoms with Crippen molar-refractivity contribution in [2.75, 3.05) is 0 Å². The van der Waals surface area contributed by atoms with Crippen LogP contribution in [0.25, 0.3) is 11.8 Å². The van der Waals surface area contributed by atoms with Crippen molar-refractivity contribution in [1.29, 1.82) is 0 Å². The molecule has 2 aromatic carbocycles. The fraction of sp³-hybridized carbons (Fsp3) is 0.0556. The molecule has 2 nitrogen and oxygen atoms in total. The monoisotopic (exact) mass is 296 g/mol. The van der Waals surface area contributed by atoms with E-state index in [1.807, 2.05) is 49.4 Å². The third kappa shape index (κ3) is 2.91. The van der Waals surface area contributed by atoms with Gasteiger partial charge in [-0.3, -0.25) is 0 Å². The minimum absolute atomic E-state index is 0.356. The highest BCUT2D eigenvalue weighted by Crippen LogP contribution is 2.28. The molecular weight excluding hydrogens is 284 g/mol. The lowest BCUT2D eigenvalue weighted by Gasteiger charge is -2.01. The summed E-state index contributed by atoms with van der Waals surface area (Å²) in [5.41, 5.74) is 3.35. The van der Waals surface area contributed by atoms with Crippen molar-refractivity contribution in [2.24, 2.45) is 0 Å². The van der Waals surface area contributed by atoms with Gasteiger partial charge >= 0.3 is 5.97 Å². The smallest absolute Gasteiger partial charge is 0.343 e. The van der Waals surface area contributed by atoms with Crippen LogP contribution in [0.2, 0.25) is 5.02 Å².